The molecule has 2 saturated heterocycles. The Morgan fingerprint density at radius 3 is 2.32 bits per heavy atom. The van der Waals surface area contributed by atoms with E-state index in [4.69, 9.17) is 16.3 Å². The normalized spacial score (nSPS) is 18.6. The van der Waals surface area contributed by atoms with Gasteiger partial charge in [-0.25, -0.2) is 0 Å². The van der Waals surface area contributed by atoms with Crippen molar-refractivity contribution in [2.24, 2.45) is 5.41 Å². The third kappa shape index (κ3) is 5.88. The number of benzene rings is 1. The van der Waals surface area contributed by atoms with Crippen molar-refractivity contribution in [1.82, 2.24) is 19.7 Å². The fourth-order valence-electron chi connectivity index (χ4n) is 4.69. The first-order valence-corrected chi connectivity index (χ1v) is 12.3. The second kappa shape index (κ2) is 10.7. The minimum absolute atomic E-state index is 0.00298. The molecule has 0 spiro atoms. The van der Waals surface area contributed by atoms with Crippen LogP contribution >= 0.6 is 11.6 Å². The van der Waals surface area contributed by atoms with Gasteiger partial charge in [0.1, 0.15) is 5.75 Å². The quantitative estimate of drug-likeness (QED) is 0.627. The van der Waals surface area contributed by atoms with Gasteiger partial charge in [0.25, 0.3) is 5.91 Å². The molecule has 2 aliphatic heterocycles. The molecule has 0 bridgehead atoms. The summed E-state index contributed by atoms with van der Waals surface area (Å²) in [6.07, 6.45) is 3.56. The topological polar surface area (TPSA) is 66.0 Å². The minimum atomic E-state index is -0.319. The predicted molar refractivity (Wildman–Crippen MR) is 132 cm³/mol. The van der Waals surface area contributed by atoms with E-state index in [0.717, 1.165) is 37.6 Å². The fourth-order valence-corrected chi connectivity index (χ4v) is 4.82. The molecule has 1 aromatic heterocycles. The van der Waals surface area contributed by atoms with E-state index in [1.807, 2.05) is 34.9 Å². The second-order valence-electron chi connectivity index (χ2n) is 9.53. The summed E-state index contributed by atoms with van der Waals surface area (Å²) >= 11 is 6.01. The molecule has 2 fully saturated rings. The molecule has 2 aromatic rings. The number of hydrogen-bond donors (Lipinski definition) is 0. The molecule has 3 heterocycles. The van der Waals surface area contributed by atoms with Crippen LogP contribution in [0.15, 0.2) is 42.6 Å². The number of piperidine rings is 1. The minimum Gasteiger partial charge on any atom is -0.493 e. The maximum absolute atomic E-state index is 13.3. The van der Waals surface area contributed by atoms with E-state index in [1.165, 1.54) is 0 Å². The molecule has 0 radical (unpaired) electrons. The highest BCUT2D eigenvalue weighted by molar-refractivity contribution is 6.30. The summed E-state index contributed by atoms with van der Waals surface area (Å²) in [4.78, 5) is 36.7. The molecule has 0 unspecified atom stereocenters. The van der Waals surface area contributed by atoms with Gasteiger partial charge < -0.3 is 19.4 Å². The number of aryl methyl sites for hydroxylation is 1. The Balaban J connectivity index is 1.45. The average molecular weight is 485 g/mol. The van der Waals surface area contributed by atoms with E-state index >= 15 is 0 Å². The predicted octanol–water partition coefficient (Wildman–Crippen LogP) is 3.51. The van der Waals surface area contributed by atoms with Gasteiger partial charge in [0.2, 0.25) is 5.91 Å². The van der Waals surface area contributed by atoms with Gasteiger partial charge in [-0.2, -0.15) is 0 Å². The number of likely N-dealkylation sites (tertiary alicyclic amines) is 1. The lowest BCUT2D eigenvalue weighted by atomic mass is 9.75. The second-order valence-corrected chi connectivity index (χ2v) is 9.97. The van der Waals surface area contributed by atoms with E-state index in [0.29, 0.717) is 49.5 Å². The maximum atomic E-state index is 13.3. The van der Waals surface area contributed by atoms with Crippen LogP contribution in [0.4, 0.5) is 0 Å². The summed E-state index contributed by atoms with van der Waals surface area (Å²) < 4.78 is 6.16. The number of halogens is 1. The molecule has 0 N–H and O–H groups in total. The third-order valence-corrected chi connectivity index (χ3v) is 7.34. The van der Waals surface area contributed by atoms with Crippen molar-refractivity contribution in [2.75, 3.05) is 52.9 Å². The number of rotatable bonds is 6. The van der Waals surface area contributed by atoms with Gasteiger partial charge in [0, 0.05) is 68.0 Å². The van der Waals surface area contributed by atoms with Crippen molar-refractivity contribution >= 4 is 23.4 Å². The Morgan fingerprint density at radius 2 is 1.68 bits per heavy atom. The number of pyridine rings is 1. The molecular weight excluding hydrogens is 452 g/mol. The van der Waals surface area contributed by atoms with Gasteiger partial charge in [-0.05, 0) is 63.2 Å². The lowest BCUT2D eigenvalue weighted by Crippen LogP contribution is -2.51. The van der Waals surface area contributed by atoms with Crippen LogP contribution in [0, 0.1) is 12.3 Å². The Hall–Kier alpha value is -2.64. The molecule has 4 rings (SSSR count). The first kappa shape index (κ1) is 24.5. The lowest BCUT2D eigenvalue weighted by Gasteiger charge is -2.43. The third-order valence-electron chi connectivity index (χ3n) is 7.09. The van der Waals surface area contributed by atoms with Crippen molar-refractivity contribution < 1.29 is 14.3 Å². The van der Waals surface area contributed by atoms with Crippen LogP contribution in [-0.2, 0) is 4.79 Å². The number of aromatic nitrogens is 1. The molecule has 182 valence electrons. The Labute approximate surface area is 206 Å². The molecule has 1 aromatic carbocycles. The Bertz CT molecular complexity index is 997. The van der Waals surface area contributed by atoms with E-state index < -0.39 is 0 Å². The summed E-state index contributed by atoms with van der Waals surface area (Å²) in [5.41, 5.74) is 1.06. The largest absolute Gasteiger partial charge is 0.493 e. The van der Waals surface area contributed by atoms with Crippen molar-refractivity contribution in [3.05, 3.63) is 58.9 Å². The van der Waals surface area contributed by atoms with Gasteiger partial charge in [-0.15, -0.1) is 0 Å². The molecule has 2 amide bonds. The van der Waals surface area contributed by atoms with Crippen LogP contribution in [0.3, 0.4) is 0 Å². The number of ether oxygens (including phenoxy) is 1. The van der Waals surface area contributed by atoms with Crippen LogP contribution in [0.2, 0.25) is 5.02 Å². The summed E-state index contributed by atoms with van der Waals surface area (Å²) in [5, 5.41) is 0.657. The van der Waals surface area contributed by atoms with Crippen molar-refractivity contribution in [3.8, 4) is 5.75 Å². The number of amides is 2. The maximum Gasteiger partial charge on any atom is 0.255 e. The van der Waals surface area contributed by atoms with E-state index in [-0.39, 0.29) is 17.2 Å². The fraction of sp³-hybridized carbons (Fsp3) is 0.500. The highest BCUT2D eigenvalue weighted by atomic mass is 35.5. The highest BCUT2D eigenvalue weighted by Crippen LogP contribution is 2.37. The van der Waals surface area contributed by atoms with Gasteiger partial charge in [0.15, 0.2) is 0 Å². The van der Waals surface area contributed by atoms with Gasteiger partial charge in [-0.3, -0.25) is 14.6 Å². The number of piperazine rings is 1. The standard InChI is InChI=1S/C26H33ClN4O3/c1-20-23(4-3-11-28-20)25(33)31-12-9-26(10-13-31,19-34-22-7-5-21(27)6-8-22)18-24(32)30-16-14-29(2)15-17-30/h3-8,11H,9-10,12-19H2,1-2H3. The number of carbonyl (C=O) groups excluding carboxylic acids is 2. The van der Waals surface area contributed by atoms with Crippen molar-refractivity contribution in [2.45, 2.75) is 26.2 Å². The zero-order valence-corrected chi connectivity index (χ0v) is 20.8. The molecule has 0 saturated carbocycles. The molecule has 2 aliphatic rings. The molecule has 8 heteroatoms. The molecular formula is C26H33ClN4O3. The number of carbonyl (C=O) groups is 2. The number of nitrogens with zero attached hydrogens (tertiary/aromatic N) is 4. The SMILES string of the molecule is Cc1ncccc1C(=O)N1CCC(COc2ccc(Cl)cc2)(CC(=O)N2CCN(C)CC2)CC1. The summed E-state index contributed by atoms with van der Waals surface area (Å²) in [5.74, 6) is 0.916. The highest BCUT2D eigenvalue weighted by Gasteiger charge is 2.40. The van der Waals surface area contributed by atoms with Crippen LogP contribution in [0.1, 0.15) is 35.3 Å². The van der Waals surface area contributed by atoms with Gasteiger partial charge in [-0.1, -0.05) is 11.6 Å². The number of hydrogen-bond acceptors (Lipinski definition) is 5. The molecule has 0 atom stereocenters. The smallest absolute Gasteiger partial charge is 0.255 e. The lowest BCUT2D eigenvalue weighted by molar-refractivity contribution is -0.136. The van der Waals surface area contributed by atoms with E-state index in [2.05, 4.69) is 16.9 Å². The van der Waals surface area contributed by atoms with Crippen LogP contribution in [-0.4, -0.2) is 84.4 Å². The van der Waals surface area contributed by atoms with Crippen molar-refractivity contribution in [1.29, 1.82) is 0 Å². The van der Waals surface area contributed by atoms with Crippen LogP contribution in [0.25, 0.3) is 0 Å². The summed E-state index contributed by atoms with van der Waals surface area (Å²) in [6, 6.07) is 10.9. The van der Waals surface area contributed by atoms with E-state index in [9.17, 15) is 9.59 Å². The Kier molecular flexibility index (Phi) is 7.73. The molecule has 0 aliphatic carbocycles. The monoisotopic (exact) mass is 484 g/mol. The zero-order valence-electron chi connectivity index (χ0n) is 20.0. The van der Waals surface area contributed by atoms with Gasteiger partial charge in [0.05, 0.1) is 12.2 Å². The number of likely N-dealkylation sites (N-methyl/N-ethyl adjacent to an activating group) is 1. The van der Waals surface area contributed by atoms with Crippen LogP contribution in [0.5, 0.6) is 5.75 Å². The van der Waals surface area contributed by atoms with E-state index in [1.54, 1.807) is 24.4 Å². The van der Waals surface area contributed by atoms with Gasteiger partial charge >= 0.3 is 0 Å². The first-order valence-electron chi connectivity index (χ1n) is 11.9. The average Bonchev–Trinajstić information content (AvgIpc) is 2.84. The first-order chi connectivity index (χ1) is 16.3. The molecule has 34 heavy (non-hydrogen) atoms. The van der Waals surface area contributed by atoms with Crippen LogP contribution < -0.4 is 4.74 Å². The summed E-state index contributed by atoms with van der Waals surface area (Å²) in [7, 11) is 2.08. The van der Waals surface area contributed by atoms with Crippen molar-refractivity contribution in [3.63, 3.8) is 0 Å². The molecule has 7 nitrogen and oxygen atoms in total. The summed E-state index contributed by atoms with van der Waals surface area (Å²) in [6.45, 7) is 6.78. The Morgan fingerprint density at radius 1 is 1.00 bits per heavy atom. The zero-order chi connectivity index (χ0) is 24.1.